The number of rotatable bonds is 4. The van der Waals surface area contributed by atoms with Crippen LogP contribution in [-0.2, 0) is 13.6 Å². The first-order valence-electron chi connectivity index (χ1n) is 6.54. The van der Waals surface area contributed by atoms with E-state index in [1.54, 1.807) is 41.5 Å². The lowest BCUT2D eigenvalue weighted by molar-refractivity contribution is 0.0948. The highest BCUT2D eigenvalue weighted by atomic mass is 32.1. The number of pyridine rings is 1. The van der Waals surface area contributed by atoms with Crippen molar-refractivity contribution >= 4 is 17.2 Å². The second kappa shape index (κ2) is 5.94. The molecule has 112 valence electrons. The van der Waals surface area contributed by atoms with Crippen LogP contribution in [0.4, 0.5) is 0 Å². The minimum absolute atomic E-state index is 0.107. The molecule has 3 aromatic heterocycles. The normalized spacial score (nSPS) is 10.6. The van der Waals surface area contributed by atoms with Crippen LogP contribution >= 0.6 is 11.3 Å². The molecule has 0 saturated carbocycles. The van der Waals surface area contributed by atoms with Crippen LogP contribution in [0.5, 0.6) is 0 Å². The lowest BCUT2D eigenvalue weighted by Crippen LogP contribution is -2.31. The van der Waals surface area contributed by atoms with Crippen molar-refractivity contribution in [1.29, 1.82) is 0 Å². The van der Waals surface area contributed by atoms with Gasteiger partial charge in [0.15, 0.2) is 0 Å². The molecule has 8 heteroatoms. The molecule has 0 unspecified atom stereocenters. The minimum Gasteiger partial charge on any atom is -0.346 e. The second-order valence-corrected chi connectivity index (χ2v) is 5.55. The van der Waals surface area contributed by atoms with Gasteiger partial charge in [-0.05, 0) is 29.6 Å². The molecule has 3 heterocycles. The van der Waals surface area contributed by atoms with Crippen LogP contribution < -0.4 is 10.9 Å². The molecule has 0 bridgehead atoms. The fraction of sp³-hybridized carbons (Fsp3) is 0.143. The zero-order valence-electron chi connectivity index (χ0n) is 11.8. The van der Waals surface area contributed by atoms with Gasteiger partial charge in [0.25, 0.3) is 11.5 Å². The molecule has 7 nitrogen and oxygen atoms in total. The van der Waals surface area contributed by atoms with Crippen molar-refractivity contribution < 1.29 is 4.79 Å². The Morgan fingerprint density at radius 3 is 3.00 bits per heavy atom. The summed E-state index contributed by atoms with van der Waals surface area (Å²) in [4.78, 5) is 23.9. The van der Waals surface area contributed by atoms with E-state index in [2.05, 4.69) is 15.6 Å². The summed E-state index contributed by atoms with van der Waals surface area (Å²) in [6.45, 7) is 0.211. The van der Waals surface area contributed by atoms with Crippen molar-refractivity contribution in [2.45, 2.75) is 6.54 Å². The fourth-order valence-electron chi connectivity index (χ4n) is 1.92. The number of aromatic nitrogens is 4. The zero-order chi connectivity index (χ0) is 15.5. The summed E-state index contributed by atoms with van der Waals surface area (Å²) in [6, 6.07) is 7.01. The highest BCUT2D eigenvalue weighted by Gasteiger charge is 2.11. The molecular weight excluding hydrogens is 302 g/mol. The van der Waals surface area contributed by atoms with E-state index in [4.69, 9.17) is 0 Å². The summed E-state index contributed by atoms with van der Waals surface area (Å²) in [6.07, 6.45) is 3.35. The third-order valence-electron chi connectivity index (χ3n) is 3.07. The molecule has 0 aliphatic carbocycles. The van der Waals surface area contributed by atoms with Crippen LogP contribution in [0.25, 0.3) is 5.00 Å². The predicted octanol–water partition coefficient (Wildman–Crippen LogP) is 0.957. The Morgan fingerprint density at radius 1 is 1.36 bits per heavy atom. The molecule has 1 N–H and O–H groups in total. The van der Waals surface area contributed by atoms with E-state index in [1.165, 1.54) is 10.6 Å². The Morgan fingerprint density at radius 2 is 2.23 bits per heavy atom. The molecule has 0 fully saturated rings. The summed E-state index contributed by atoms with van der Waals surface area (Å²) in [5.74, 6) is -0.424. The van der Waals surface area contributed by atoms with Crippen molar-refractivity contribution in [3.05, 3.63) is 63.7 Å². The number of nitrogens with zero attached hydrogens (tertiary/aromatic N) is 4. The van der Waals surface area contributed by atoms with Crippen LogP contribution in [0, 0.1) is 0 Å². The molecule has 1 amide bonds. The van der Waals surface area contributed by atoms with Crippen molar-refractivity contribution in [1.82, 2.24) is 24.9 Å². The minimum atomic E-state index is -0.424. The van der Waals surface area contributed by atoms with E-state index in [9.17, 15) is 9.59 Å². The maximum Gasteiger partial charge on any atom is 0.263 e. The van der Waals surface area contributed by atoms with Crippen LogP contribution in [0.15, 0.2) is 46.8 Å². The van der Waals surface area contributed by atoms with Gasteiger partial charge in [0.05, 0.1) is 12.7 Å². The number of aryl methyl sites for hydroxylation is 1. The maximum atomic E-state index is 12.0. The van der Waals surface area contributed by atoms with Gasteiger partial charge in [-0.15, -0.1) is 16.4 Å². The molecule has 0 atom stereocenters. The van der Waals surface area contributed by atoms with Gasteiger partial charge in [0, 0.05) is 13.2 Å². The summed E-state index contributed by atoms with van der Waals surface area (Å²) >= 11 is 1.54. The van der Waals surface area contributed by atoms with Gasteiger partial charge in [-0.2, -0.15) is 0 Å². The van der Waals surface area contributed by atoms with Gasteiger partial charge >= 0.3 is 0 Å². The summed E-state index contributed by atoms with van der Waals surface area (Å²) in [7, 11) is 1.60. The SMILES string of the molecule is Cn1cccc(C(=O)NCc2cn(-c3cccs3)nn2)c1=O. The van der Waals surface area contributed by atoms with E-state index in [0.29, 0.717) is 5.69 Å². The molecule has 0 spiro atoms. The van der Waals surface area contributed by atoms with E-state index < -0.39 is 5.91 Å². The second-order valence-electron chi connectivity index (χ2n) is 4.63. The van der Waals surface area contributed by atoms with Gasteiger partial charge in [-0.1, -0.05) is 5.21 Å². The van der Waals surface area contributed by atoms with Crippen molar-refractivity contribution in [3.63, 3.8) is 0 Å². The number of nitrogens with one attached hydrogen (secondary N) is 1. The number of hydrogen-bond acceptors (Lipinski definition) is 5. The summed E-state index contributed by atoms with van der Waals surface area (Å²) in [5.41, 5.74) is 0.396. The third kappa shape index (κ3) is 2.82. The number of hydrogen-bond donors (Lipinski definition) is 1. The van der Waals surface area contributed by atoms with Gasteiger partial charge < -0.3 is 9.88 Å². The summed E-state index contributed by atoms with van der Waals surface area (Å²) in [5, 5.41) is 13.6. The molecule has 0 aliphatic rings. The van der Waals surface area contributed by atoms with E-state index in [-0.39, 0.29) is 17.7 Å². The Labute approximate surface area is 129 Å². The van der Waals surface area contributed by atoms with Gasteiger partial charge in [-0.25, -0.2) is 4.68 Å². The van der Waals surface area contributed by atoms with Crippen LogP contribution in [0.2, 0.25) is 0 Å². The number of amides is 1. The molecule has 22 heavy (non-hydrogen) atoms. The lowest BCUT2D eigenvalue weighted by Gasteiger charge is -2.03. The Kier molecular flexibility index (Phi) is 3.84. The van der Waals surface area contributed by atoms with Gasteiger partial charge in [-0.3, -0.25) is 9.59 Å². The first kappa shape index (κ1) is 14.2. The van der Waals surface area contributed by atoms with Crippen LogP contribution in [0.3, 0.4) is 0 Å². The first-order valence-corrected chi connectivity index (χ1v) is 7.42. The topological polar surface area (TPSA) is 81.8 Å². The summed E-state index contributed by atoms with van der Waals surface area (Å²) < 4.78 is 3.01. The Balaban J connectivity index is 1.69. The van der Waals surface area contributed by atoms with Crippen molar-refractivity contribution in [2.75, 3.05) is 0 Å². The van der Waals surface area contributed by atoms with Crippen LogP contribution in [-0.4, -0.2) is 25.5 Å². The largest absolute Gasteiger partial charge is 0.346 e. The Bertz CT molecular complexity index is 850. The molecule has 0 aromatic carbocycles. The molecule has 3 rings (SSSR count). The molecular formula is C14H13N5O2S. The molecule has 0 aliphatic heterocycles. The number of thiophene rings is 1. The van der Waals surface area contributed by atoms with Crippen LogP contribution in [0.1, 0.15) is 16.1 Å². The predicted molar refractivity (Wildman–Crippen MR) is 82.1 cm³/mol. The highest BCUT2D eigenvalue weighted by Crippen LogP contribution is 2.13. The van der Waals surface area contributed by atoms with E-state index in [1.807, 2.05) is 17.5 Å². The smallest absolute Gasteiger partial charge is 0.263 e. The Hall–Kier alpha value is -2.74. The standard InChI is InChI=1S/C14H13N5O2S/c1-18-6-2-4-11(14(18)21)13(20)15-8-10-9-19(17-16-10)12-5-3-7-22-12/h2-7,9H,8H2,1H3,(H,15,20). The lowest BCUT2D eigenvalue weighted by atomic mass is 10.2. The average molecular weight is 315 g/mol. The van der Waals surface area contributed by atoms with E-state index >= 15 is 0 Å². The first-order chi connectivity index (χ1) is 10.6. The molecule has 0 saturated heterocycles. The van der Waals surface area contributed by atoms with Gasteiger partial charge in [0.2, 0.25) is 0 Å². The maximum absolute atomic E-state index is 12.0. The third-order valence-corrected chi connectivity index (χ3v) is 3.93. The molecule has 0 radical (unpaired) electrons. The zero-order valence-corrected chi connectivity index (χ0v) is 12.6. The monoisotopic (exact) mass is 315 g/mol. The quantitative estimate of drug-likeness (QED) is 0.777. The average Bonchev–Trinajstić information content (AvgIpc) is 3.18. The number of carbonyl (C=O) groups excluding carboxylic acids is 1. The van der Waals surface area contributed by atoms with E-state index in [0.717, 1.165) is 5.00 Å². The number of carbonyl (C=O) groups is 1. The van der Waals surface area contributed by atoms with Crippen molar-refractivity contribution in [3.8, 4) is 5.00 Å². The fourth-order valence-corrected chi connectivity index (χ4v) is 2.57. The van der Waals surface area contributed by atoms with Gasteiger partial charge in [0.1, 0.15) is 16.3 Å². The van der Waals surface area contributed by atoms with Crippen molar-refractivity contribution in [2.24, 2.45) is 7.05 Å². The highest BCUT2D eigenvalue weighted by molar-refractivity contribution is 7.12. The molecule has 3 aromatic rings.